The standard InChI is InChI=1S/C24H16N2O2/c1-15-6-11-19-20(12-15)21(13-16-7-9-18(10-8-16)26(27)28)22-14-17-4-2-3-5-23(17)25-24(19)22/h2-14H,1H3. The third-order valence-electron chi connectivity index (χ3n) is 5.15. The monoisotopic (exact) mass is 364 g/mol. The van der Waals surface area contributed by atoms with E-state index in [0.717, 1.165) is 44.4 Å². The zero-order chi connectivity index (χ0) is 19.3. The first-order valence-electron chi connectivity index (χ1n) is 9.08. The van der Waals surface area contributed by atoms with Crippen LogP contribution in [0, 0.1) is 17.0 Å². The minimum atomic E-state index is -0.378. The summed E-state index contributed by atoms with van der Waals surface area (Å²) in [4.78, 5) is 15.5. The van der Waals surface area contributed by atoms with Crippen molar-refractivity contribution in [3.63, 3.8) is 0 Å². The molecule has 3 aromatic carbocycles. The Morgan fingerprint density at radius 2 is 1.68 bits per heavy atom. The molecule has 0 N–H and O–H groups in total. The van der Waals surface area contributed by atoms with Crippen molar-refractivity contribution in [3.05, 3.63) is 105 Å². The van der Waals surface area contributed by atoms with Gasteiger partial charge in [0.25, 0.3) is 5.69 Å². The Balaban J connectivity index is 1.74. The van der Waals surface area contributed by atoms with E-state index in [1.165, 1.54) is 17.7 Å². The molecule has 0 radical (unpaired) electrons. The van der Waals surface area contributed by atoms with E-state index in [4.69, 9.17) is 4.98 Å². The van der Waals surface area contributed by atoms with Crippen LogP contribution in [0.2, 0.25) is 0 Å². The molecule has 4 heteroatoms. The van der Waals surface area contributed by atoms with Crippen LogP contribution in [-0.2, 0) is 0 Å². The lowest BCUT2D eigenvalue weighted by atomic mass is 9.99. The highest BCUT2D eigenvalue weighted by Crippen LogP contribution is 2.45. The Morgan fingerprint density at radius 1 is 0.893 bits per heavy atom. The second-order valence-corrected chi connectivity index (χ2v) is 7.03. The molecule has 28 heavy (non-hydrogen) atoms. The van der Waals surface area contributed by atoms with Crippen molar-refractivity contribution in [1.82, 2.24) is 4.98 Å². The maximum Gasteiger partial charge on any atom is 0.269 e. The Kier molecular flexibility index (Phi) is 3.59. The molecule has 0 amide bonds. The topological polar surface area (TPSA) is 56.0 Å². The first kappa shape index (κ1) is 16.4. The second kappa shape index (κ2) is 6.13. The fraction of sp³-hybridized carbons (Fsp3) is 0.0417. The van der Waals surface area contributed by atoms with Gasteiger partial charge in [0.2, 0.25) is 0 Å². The number of rotatable bonds is 2. The number of para-hydroxylation sites is 1. The van der Waals surface area contributed by atoms with E-state index in [2.05, 4.69) is 43.3 Å². The highest BCUT2D eigenvalue weighted by atomic mass is 16.6. The number of hydrogen-bond acceptors (Lipinski definition) is 3. The van der Waals surface area contributed by atoms with Crippen molar-refractivity contribution < 1.29 is 4.92 Å². The van der Waals surface area contributed by atoms with Gasteiger partial charge in [-0.25, -0.2) is 4.98 Å². The largest absolute Gasteiger partial charge is 0.269 e. The van der Waals surface area contributed by atoms with Crippen molar-refractivity contribution in [2.75, 3.05) is 0 Å². The molecule has 0 fully saturated rings. The fourth-order valence-corrected chi connectivity index (χ4v) is 3.77. The molecule has 134 valence electrons. The summed E-state index contributed by atoms with van der Waals surface area (Å²) in [6.45, 7) is 2.08. The van der Waals surface area contributed by atoms with Crippen LogP contribution in [0.25, 0.3) is 33.8 Å². The van der Waals surface area contributed by atoms with Crippen molar-refractivity contribution >= 4 is 28.2 Å². The number of nitro groups is 1. The van der Waals surface area contributed by atoms with Gasteiger partial charge in [-0.15, -0.1) is 0 Å². The van der Waals surface area contributed by atoms with E-state index >= 15 is 0 Å². The molecule has 0 unspecified atom stereocenters. The Bertz CT molecular complexity index is 1290. The van der Waals surface area contributed by atoms with Crippen LogP contribution in [-0.4, -0.2) is 9.91 Å². The lowest BCUT2D eigenvalue weighted by molar-refractivity contribution is -0.384. The Hall–Kier alpha value is -3.79. The number of aromatic nitrogens is 1. The summed E-state index contributed by atoms with van der Waals surface area (Å²) in [7, 11) is 0. The van der Waals surface area contributed by atoms with Crippen molar-refractivity contribution in [2.45, 2.75) is 6.92 Å². The number of non-ortho nitro benzene ring substituents is 1. The minimum Gasteiger partial charge on any atom is -0.258 e. The number of pyridine rings is 1. The van der Waals surface area contributed by atoms with Gasteiger partial charge in [0.1, 0.15) is 0 Å². The van der Waals surface area contributed by atoms with E-state index in [9.17, 15) is 10.1 Å². The summed E-state index contributed by atoms with van der Waals surface area (Å²) in [5.41, 5.74) is 8.64. The molecule has 1 aliphatic rings. The van der Waals surface area contributed by atoms with E-state index in [0.29, 0.717) is 0 Å². The van der Waals surface area contributed by atoms with Crippen LogP contribution < -0.4 is 0 Å². The number of aryl methyl sites for hydroxylation is 1. The molecule has 0 aliphatic heterocycles. The van der Waals surface area contributed by atoms with Crippen LogP contribution in [0.15, 0.2) is 72.8 Å². The van der Waals surface area contributed by atoms with Gasteiger partial charge < -0.3 is 0 Å². The molecule has 1 heterocycles. The van der Waals surface area contributed by atoms with Gasteiger partial charge in [-0.05, 0) is 54.0 Å². The molecule has 4 aromatic rings. The SMILES string of the molecule is Cc1ccc2c(c1)C(=Cc1ccc([N+](=O)[O-])cc1)c1cc3ccccc3nc1-2. The van der Waals surface area contributed by atoms with Gasteiger partial charge in [0, 0.05) is 28.6 Å². The molecule has 0 spiro atoms. The zero-order valence-corrected chi connectivity index (χ0v) is 15.2. The molecule has 5 rings (SSSR count). The first-order valence-corrected chi connectivity index (χ1v) is 9.08. The zero-order valence-electron chi connectivity index (χ0n) is 15.2. The van der Waals surface area contributed by atoms with E-state index < -0.39 is 0 Å². The van der Waals surface area contributed by atoms with Crippen LogP contribution in [0.5, 0.6) is 0 Å². The average Bonchev–Trinajstić information content (AvgIpc) is 2.99. The van der Waals surface area contributed by atoms with Crippen LogP contribution in [0.3, 0.4) is 0 Å². The average molecular weight is 364 g/mol. The number of nitro benzene ring substituents is 1. The smallest absolute Gasteiger partial charge is 0.258 e. The summed E-state index contributed by atoms with van der Waals surface area (Å²) >= 11 is 0. The van der Waals surface area contributed by atoms with Crippen LogP contribution in [0.4, 0.5) is 5.69 Å². The number of fused-ring (bicyclic) bond motifs is 4. The third-order valence-corrected chi connectivity index (χ3v) is 5.15. The maximum atomic E-state index is 10.9. The Labute approximate surface area is 161 Å². The second-order valence-electron chi connectivity index (χ2n) is 7.03. The summed E-state index contributed by atoms with van der Waals surface area (Å²) in [6, 6.07) is 23.4. The van der Waals surface area contributed by atoms with Crippen molar-refractivity contribution in [2.24, 2.45) is 0 Å². The molecule has 1 aliphatic carbocycles. The number of nitrogens with zero attached hydrogens (tertiary/aromatic N) is 2. The summed E-state index contributed by atoms with van der Waals surface area (Å²) in [5.74, 6) is 0. The quantitative estimate of drug-likeness (QED) is 0.284. The van der Waals surface area contributed by atoms with Gasteiger partial charge in [0.05, 0.1) is 16.1 Å². The molecule has 0 saturated heterocycles. The van der Waals surface area contributed by atoms with Crippen LogP contribution >= 0.6 is 0 Å². The lowest BCUT2D eigenvalue weighted by Gasteiger charge is -2.05. The molecular weight excluding hydrogens is 348 g/mol. The Morgan fingerprint density at radius 3 is 2.46 bits per heavy atom. The van der Waals surface area contributed by atoms with Crippen molar-refractivity contribution in [3.8, 4) is 11.3 Å². The summed E-state index contributed by atoms with van der Waals surface area (Å²) < 4.78 is 0. The number of hydrogen-bond donors (Lipinski definition) is 0. The van der Waals surface area contributed by atoms with E-state index in [1.807, 2.05) is 18.2 Å². The predicted molar refractivity (Wildman–Crippen MR) is 112 cm³/mol. The predicted octanol–water partition coefficient (Wildman–Crippen LogP) is 6.02. The van der Waals surface area contributed by atoms with Gasteiger partial charge in [-0.2, -0.15) is 0 Å². The minimum absolute atomic E-state index is 0.0953. The van der Waals surface area contributed by atoms with Crippen LogP contribution in [0.1, 0.15) is 22.3 Å². The molecule has 1 aromatic heterocycles. The molecule has 0 saturated carbocycles. The lowest BCUT2D eigenvalue weighted by Crippen LogP contribution is -1.88. The molecular formula is C24H16N2O2. The van der Waals surface area contributed by atoms with Gasteiger partial charge in [-0.3, -0.25) is 10.1 Å². The van der Waals surface area contributed by atoms with Crippen molar-refractivity contribution in [1.29, 1.82) is 0 Å². The third kappa shape index (κ3) is 2.58. The van der Waals surface area contributed by atoms with E-state index in [-0.39, 0.29) is 10.6 Å². The van der Waals surface area contributed by atoms with Gasteiger partial charge >= 0.3 is 0 Å². The molecule has 0 atom stereocenters. The molecule has 0 bridgehead atoms. The highest BCUT2D eigenvalue weighted by Gasteiger charge is 2.25. The highest BCUT2D eigenvalue weighted by molar-refractivity contribution is 6.07. The van der Waals surface area contributed by atoms with Gasteiger partial charge in [-0.1, -0.05) is 42.0 Å². The van der Waals surface area contributed by atoms with Gasteiger partial charge in [0.15, 0.2) is 0 Å². The summed E-state index contributed by atoms with van der Waals surface area (Å²) in [5, 5.41) is 12.0. The van der Waals surface area contributed by atoms with E-state index in [1.54, 1.807) is 12.1 Å². The summed E-state index contributed by atoms with van der Waals surface area (Å²) in [6.07, 6.45) is 2.09. The maximum absolute atomic E-state index is 10.9. The fourth-order valence-electron chi connectivity index (χ4n) is 3.77. The number of benzene rings is 3. The first-order chi connectivity index (χ1) is 13.6. The molecule has 4 nitrogen and oxygen atoms in total. The normalized spacial score (nSPS) is 13.5.